The first kappa shape index (κ1) is 90.0. The Bertz CT molecular complexity index is 1960. The number of aliphatic hydroxyl groups excluding tert-OH is 11. The van der Waals surface area contributed by atoms with E-state index < -0.39 is 124 Å². The van der Waals surface area contributed by atoms with Crippen molar-refractivity contribution in [2.45, 2.75) is 420 Å². The topological polar surface area (TPSA) is 307 Å². The Labute approximate surface area is 593 Å². The van der Waals surface area contributed by atoms with E-state index in [2.05, 4.69) is 55.6 Å². The van der Waals surface area contributed by atoms with E-state index in [-0.39, 0.29) is 18.9 Å². The molecule has 574 valence electrons. The highest BCUT2D eigenvalue weighted by atomic mass is 16.8. The number of aliphatic hydroxyl groups is 11. The maximum Gasteiger partial charge on any atom is 0.220 e. The van der Waals surface area contributed by atoms with Crippen molar-refractivity contribution in [2.75, 3.05) is 26.4 Å². The molecule has 17 atom stereocenters. The Kier molecular flexibility index (Phi) is 55.1. The first-order valence-electron chi connectivity index (χ1n) is 39.9. The Hall–Kier alpha value is -2.25. The summed E-state index contributed by atoms with van der Waals surface area (Å²) in [7, 11) is 0. The Morgan fingerprint density at radius 1 is 0.367 bits per heavy atom. The van der Waals surface area contributed by atoms with Crippen LogP contribution in [0.25, 0.3) is 0 Å². The standard InChI is InChI=1S/C79H145NO18/c1-3-5-7-9-11-13-15-17-18-19-20-21-22-23-24-25-26-27-28-29-30-31-32-33-34-35-36-37-38-39-40-41-42-43-44-45-47-49-51-53-55-57-67(85)80-62(63(84)56-54-52-50-48-46-16-14-12-10-8-6-4-2)61-93-77-73(91)70(88)75(65(59-82)95-77)98-79-74(92)71(89)76(66(60-83)96-79)97-78-72(90)69(87)68(86)64(58-81)94-78/h15,17,19-20,46,48,54,56,62-66,68-79,81-84,86-92H,3-14,16,18,21-45,47,49-53,55,57-61H2,1-2H3,(H,80,85)/b17-15-,20-19-,48-46+,56-54+. The fraction of sp³-hybridized carbons (Fsp3) is 0.886. The predicted molar refractivity (Wildman–Crippen MR) is 388 cm³/mol. The average Bonchev–Trinajstić information content (AvgIpc) is 0.785. The summed E-state index contributed by atoms with van der Waals surface area (Å²) in [4.78, 5) is 13.4. The van der Waals surface area contributed by atoms with Crippen LogP contribution in [-0.2, 0) is 33.2 Å². The number of amides is 1. The van der Waals surface area contributed by atoms with E-state index in [0.717, 1.165) is 44.9 Å². The molecule has 0 bridgehead atoms. The van der Waals surface area contributed by atoms with Crippen molar-refractivity contribution in [2.24, 2.45) is 0 Å². The van der Waals surface area contributed by atoms with Crippen LogP contribution in [0.2, 0.25) is 0 Å². The van der Waals surface area contributed by atoms with Gasteiger partial charge in [0.1, 0.15) is 73.2 Å². The van der Waals surface area contributed by atoms with E-state index in [4.69, 9.17) is 28.4 Å². The molecule has 1 amide bonds. The third-order valence-corrected chi connectivity index (χ3v) is 19.8. The van der Waals surface area contributed by atoms with Gasteiger partial charge >= 0.3 is 0 Å². The highest BCUT2D eigenvalue weighted by Gasteiger charge is 2.54. The number of carbonyl (C=O) groups excluding carboxylic acids is 1. The SMILES string of the molecule is CCCCCCC/C=C\C/C=C\CCCCCCCCCCCCCCCCCCCCCCCCCCCCCCCC(=O)NC(COC1OC(CO)C(OC2OC(CO)C(OC3OC(CO)C(O)C(O)C3O)C(O)C2O)C(O)C1O)C(O)/C=C/CC/C=C/CCCCCCCC. The van der Waals surface area contributed by atoms with Crippen molar-refractivity contribution in [3.05, 3.63) is 48.6 Å². The third kappa shape index (κ3) is 40.1. The lowest BCUT2D eigenvalue weighted by molar-refractivity contribution is -0.379. The molecule has 3 fully saturated rings. The molecule has 0 aromatic carbocycles. The van der Waals surface area contributed by atoms with E-state index in [0.29, 0.717) is 12.8 Å². The van der Waals surface area contributed by atoms with Crippen molar-refractivity contribution < 1.29 is 89.4 Å². The van der Waals surface area contributed by atoms with Gasteiger partial charge in [0, 0.05) is 6.42 Å². The van der Waals surface area contributed by atoms with Crippen LogP contribution in [-0.4, -0.2) is 193 Å². The van der Waals surface area contributed by atoms with Gasteiger partial charge in [0.05, 0.1) is 38.6 Å². The zero-order valence-corrected chi connectivity index (χ0v) is 61.3. The number of carbonyl (C=O) groups is 1. The summed E-state index contributed by atoms with van der Waals surface area (Å²) in [6.45, 7) is 1.70. The number of hydrogen-bond donors (Lipinski definition) is 12. The molecule has 3 aliphatic rings. The van der Waals surface area contributed by atoms with Crippen LogP contribution >= 0.6 is 0 Å². The summed E-state index contributed by atoms with van der Waals surface area (Å²) >= 11 is 0. The lowest BCUT2D eigenvalue weighted by Gasteiger charge is -2.48. The van der Waals surface area contributed by atoms with Gasteiger partial charge in [-0.15, -0.1) is 0 Å². The summed E-state index contributed by atoms with van der Waals surface area (Å²) in [5, 5.41) is 120. The molecule has 3 heterocycles. The first-order valence-corrected chi connectivity index (χ1v) is 39.9. The quantitative estimate of drug-likeness (QED) is 0.0199. The number of allylic oxidation sites excluding steroid dienone is 7. The smallest absolute Gasteiger partial charge is 0.220 e. The number of hydrogen-bond acceptors (Lipinski definition) is 18. The average molecular weight is 1400 g/mol. The third-order valence-electron chi connectivity index (χ3n) is 19.8. The van der Waals surface area contributed by atoms with Gasteiger partial charge in [-0.05, 0) is 64.2 Å². The largest absolute Gasteiger partial charge is 0.394 e. The maximum absolute atomic E-state index is 13.4. The molecular formula is C79H145NO18. The second kappa shape index (κ2) is 60.1. The number of nitrogens with one attached hydrogen (secondary N) is 1. The number of ether oxygens (including phenoxy) is 6. The molecule has 0 radical (unpaired) electrons. The highest BCUT2D eigenvalue weighted by Crippen LogP contribution is 2.33. The molecule has 3 saturated heterocycles. The van der Waals surface area contributed by atoms with Gasteiger partial charge < -0.3 is 89.9 Å². The molecule has 0 aromatic rings. The minimum absolute atomic E-state index is 0.239. The van der Waals surface area contributed by atoms with E-state index in [1.165, 1.54) is 238 Å². The van der Waals surface area contributed by atoms with Crippen LogP contribution in [0.4, 0.5) is 0 Å². The van der Waals surface area contributed by atoms with Crippen molar-refractivity contribution in [3.63, 3.8) is 0 Å². The second-order valence-corrected chi connectivity index (χ2v) is 28.5. The monoisotopic (exact) mass is 1400 g/mol. The van der Waals surface area contributed by atoms with Gasteiger partial charge in [0.25, 0.3) is 0 Å². The minimum Gasteiger partial charge on any atom is -0.394 e. The Morgan fingerprint density at radius 3 is 1.08 bits per heavy atom. The van der Waals surface area contributed by atoms with Gasteiger partial charge in [-0.1, -0.05) is 294 Å². The van der Waals surface area contributed by atoms with Gasteiger partial charge in [-0.25, -0.2) is 0 Å². The Morgan fingerprint density at radius 2 is 0.684 bits per heavy atom. The van der Waals surface area contributed by atoms with Crippen molar-refractivity contribution in [3.8, 4) is 0 Å². The van der Waals surface area contributed by atoms with Gasteiger partial charge in [0.2, 0.25) is 5.91 Å². The molecule has 3 rings (SSSR count). The molecular weight excluding hydrogens is 1250 g/mol. The lowest BCUT2D eigenvalue weighted by atomic mass is 9.96. The summed E-state index contributed by atoms with van der Waals surface area (Å²) < 4.78 is 34.3. The minimum atomic E-state index is -1.98. The molecule has 3 aliphatic heterocycles. The summed E-state index contributed by atoms with van der Waals surface area (Å²) in [6.07, 6.45) is 48.7. The first-order chi connectivity index (χ1) is 47.8. The molecule has 0 spiro atoms. The molecule has 17 unspecified atom stereocenters. The maximum atomic E-state index is 13.4. The zero-order chi connectivity index (χ0) is 71.1. The number of rotatable bonds is 63. The van der Waals surface area contributed by atoms with Crippen LogP contribution in [0, 0.1) is 0 Å². The van der Waals surface area contributed by atoms with Gasteiger partial charge in [0.15, 0.2) is 18.9 Å². The summed E-state index contributed by atoms with van der Waals surface area (Å²) in [5.74, 6) is -0.282. The van der Waals surface area contributed by atoms with E-state index >= 15 is 0 Å². The van der Waals surface area contributed by atoms with Crippen LogP contribution in [0.15, 0.2) is 48.6 Å². The van der Waals surface area contributed by atoms with Gasteiger partial charge in [-0.3, -0.25) is 4.79 Å². The van der Waals surface area contributed by atoms with Crippen LogP contribution in [0.5, 0.6) is 0 Å². The van der Waals surface area contributed by atoms with E-state index in [1.807, 2.05) is 6.08 Å². The van der Waals surface area contributed by atoms with Crippen LogP contribution < -0.4 is 5.32 Å². The van der Waals surface area contributed by atoms with Crippen LogP contribution in [0.1, 0.15) is 316 Å². The molecule has 0 aromatic heterocycles. The van der Waals surface area contributed by atoms with E-state index in [1.54, 1.807) is 6.08 Å². The predicted octanol–water partition coefficient (Wildman–Crippen LogP) is 12.9. The molecule has 0 aliphatic carbocycles. The van der Waals surface area contributed by atoms with Crippen LogP contribution in [0.3, 0.4) is 0 Å². The second-order valence-electron chi connectivity index (χ2n) is 28.5. The van der Waals surface area contributed by atoms with E-state index in [9.17, 15) is 61.0 Å². The Balaban J connectivity index is 1.26. The number of unbranched alkanes of at least 4 members (excludes halogenated alkanes) is 41. The molecule has 98 heavy (non-hydrogen) atoms. The molecule has 19 nitrogen and oxygen atoms in total. The fourth-order valence-electron chi connectivity index (χ4n) is 13.4. The van der Waals surface area contributed by atoms with Crippen molar-refractivity contribution in [1.82, 2.24) is 5.32 Å². The lowest BCUT2D eigenvalue weighted by Crippen LogP contribution is -2.66. The molecule has 12 N–H and O–H groups in total. The molecule has 19 heteroatoms. The highest BCUT2D eigenvalue weighted by molar-refractivity contribution is 5.76. The molecule has 0 saturated carbocycles. The van der Waals surface area contributed by atoms with Crippen molar-refractivity contribution in [1.29, 1.82) is 0 Å². The fourth-order valence-corrected chi connectivity index (χ4v) is 13.4. The van der Waals surface area contributed by atoms with Gasteiger partial charge in [-0.2, -0.15) is 0 Å². The normalized spacial score (nSPS) is 27.0. The van der Waals surface area contributed by atoms with Crippen molar-refractivity contribution >= 4 is 5.91 Å². The zero-order valence-electron chi connectivity index (χ0n) is 61.3. The summed E-state index contributed by atoms with van der Waals surface area (Å²) in [6, 6.07) is -0.988. The summed E-state index contributed by atoms with van der Waals surface area (Å²) in [5.41, 5.74) is 0.